The lowest BCUT2D eigenvalue weighted by atomic mass is 10.1. The maximum absolute atomic E-state index is 12.5. The summed E-state index contributed by atoms with van der Waals surface area (Å²) in [4.78, 5) is 36.7. The molecule has 8 nitrogen and oxygen atoms in total. The minimum atomic E-state index is -1.03. The zero-order valence-electron chi connectivity index (χ0n) is 14.3. The number of carboxylic acids is 1. The Balaban J connectivity index is 2.06. The molecule has 2 amide bonds. The number of rotatable bonds is 7. The Morgan fingerprint density at radius 2 is 2.00 bits per heavy atom. The molecule has 134 valence electrons. The van der Waals surface area contributed by atoms with Crippen molar-refractivity contribution in [1.29, 1.82) is 0 Å². The second kappa shape index (κ2) is 8.27. The van der Waals surface area contributed by atoms with E-state index in [9.17, 15) is 19.5 Å². The van der Waals surface area contributed by atoms with Crippen LogP contribution in [0.3, 0.4) is 0 Å². The van der Waals surface area contributed by atoms with Gasteiger partial charge in [-0.15, -0.1) is 0 Å². The van der Waals surface area contributed by atoms with Crippen LogP contribution in [0.2, 0.25) is 0 Å². The molecular weight excluding hydrogens is 324 g/mol. The molecule has 1 aliphatic rings. The Morgan fingerprint density at radius 1 is 1.32 bits per heavy atom. The third-order valence-corrected chi connectivity index (χ3v) is 3.99. The van der Waals surface area contributed by atoms with Crippen molar-refractivity contribution in [3.05, 3.63) is 30.3 Å². The smallest absolute Gasteiger partial charge is 0.328 e. The van der Waals surface area contributed by atoms with E-state index >= 15 is 0 Å². The van der Waals surface area contributed by atoms with Gasteiger partial charge in [-0.05, 0) is 18.6 Å². The number of para-hydroxylation sites is 1. The minimum Gasteiger partial charge on any atom is -0.480 e. The fourth-order valence-electron chi connectivity index (χ4n) is 2.57. The van der Waals surface area contributed by atoms with Gasteiger partial charge in [0.1, 0.15) is 5.71 Å². The van der Waals surface area contributed by atoms with Crippen LogP contribution in [0.5, 0.6) is 0 Å². The molecule has 0 fully saturated rings. The molecule has 1 unspecified atom stereocenters. The topological polar surface area (TPSA) is 102 Å². The maximum atomic E-state index is 12.5. The van der Waals surface area contributed by atoms with E-state index in [0.29, 0.717) is 25.1 Å². The highest BCUT2D eigenvalue weighted by Gasteiger charge is 2.36. The van der Waals surface area contributed by atoms with Crippen molar-refractivity contribution < 1.29 is 19.5 Å². The van der Waals surface area contributed by atoms with E-state index in [1.165, 1.54) is 9.91 Å². The van der Waals surface area contributed by atoms with Gasteiger partial charge < -0.3 is 15.3 Å². The standard InChI is InChI=1S/C17H22N4O4/c1-18-15(22)9-6-10-20(2)16(23)13-11-14(17(24)25)21(19-13)12-7-4-3-5-8-12/h3-5,7-8,14H,6,9-11H2,1-2H3,(H,18,22)(H,24,25). The van der Waals surface area contributed by atoms with Gasteiger partial charge in [-0.3, -0.25) is 14.6 Å². The summed E-state index contributed by atoms with van der Waals surface area (Å²) in [5.74, 6) is -1.43. The molecule has 1 aliphatic heterocycles. The highest BCUT2D eigenvalue weighted by atomic mass is 16.4. The molecule has 1 aromatic rings. The van der Waals surface area contributed by atoms with Crippen LogP contribution in [-0.2, 0) is 14.4 Å². The number of carboxylic acid groups (broad SMARTS) is 1. The number of hydrogen-bond donors (Lipinski definition) is 2. The van der Waals surface area contributed by atoms with Crippen LogP contribution in [0.4, 0.5) is 5.69 Å². The van der Waals surface area contributed by atoms with E-state index in [1.54, 1.807) is 38.4 Å². The van der Waals surface area contributed by atoms with Crippen LogP contribution in [-0.4, -0.2) is 60.2 Å². The molecule has 1 atom stereocenters. The number of benzene rings is 1. The van der Waals surface area contributed by atoms with Crippen molar-refractivity contribution in [1.82, 2.24) is 10.2 Å². The molecule has 0 spiro atoms. The molecule has 0 bridgehead atoms. The van der Waals surface area contributed by atoms with Crippen molar-refractivity contribution in [3.8, 4) is 0 Å². The highest BCUT2D eigenvalue weighted by Crippen LogP contribution is 2.25. The third-order valence-electron chi connectivity index (χ3n) is 3.99. The molecule has 2 rings (SSSR count). The van der Waals surface area contributed by atoms with Gasteiger partial charge in [-0.25, -0.2) is 4.79 Å². The molecule has 1 aromatic carbocycles. The molecule has 0 aliphatic carbocycles. The average Bonchev–Trinajstić information content (AvgIpc) is 3.07. The number of hydrazone groups is 1. The van der Waals surface area contributed by atoms with E-state index in [2.05, 4.69) is 10.4 Å². The molecule has 1 heterocycles. The van der Waals surface area contributed by atoms with Crippen molar-refractivity contribution in [2.45, 2.75) is 25.3 Å². The van der Waals surface area contributed by atoms with E-state index in [4.69, 9.17) is 0 Å². The number of hydrogen-bond acceptors (Lipinski definition) is 5. The molecule has 0 saturated carbocycles. The first-order chi connectivity index (χ1) is 11.9. The van der Waals surface area contributed by atoms with Gasteiger partial charge in [0.05, 0.1) is 5.69 Å². The van der Waals surface area contributed by atoms with Crippen LogP contribution in [0.15, 0.2) is 35.4 Å². The largest absolute Gasteiger partial charge is 0.480 e. The summed E-state index contributed by atoms with van der Waals surface area (Å²) in [5, 5.41) is 17.6. The van der Waals surface area contributed by atoms with Gasteiger partial charge in [0.15, 0.2) is 6.04 Å². The normalized spacial score (nSPS) is 16.3. The van der Waals surface area contributed by atoms with Crippen molar-refractivity contribution in [2.75, 3.05) is 25.6 Å². The zero-order valence-corrected chi connectivity index (χ0v) is 14.3. The highest BCUT2D eigenvalue weighted by molar-refractivity contribution is 6.40. The van der Waals surface area contributed by atoms with Crippen molar-refractivity contribution in [3.63, 3.8) is 0 Å². The predicted octanol–water partition coefficient (Wildman–Crippen LogP) is 0.690. The van der Waals surface area contributed by atoms with Gasteiger partial charge in [0, 0.05) is 33.5 Å². The summed E-state index contributed by atoms with van der Waals surface area (Å²) in [5.41, 5.74) is 0.832. The predicted molar refractivity (Wildman–Crippen MR) is 93.3 cm³/mol. The van der Waals surface area contributed by atoms with E-state index in [-0.39, 0.29) is 23.9 Å². The second-order valence-electron chi connectivity index (χ2n) is 5.79. The van der Waals surface area contributed by atoms with E-state index in [1.807, 2.05) is 6.07 Å². The number of nitrogens with zero attached hydrogens (tertiary/aromatic N) is 3. The van der Waals surface area contributed by atoms with Gasteiger partial charge in [-0.1, -0.05) is 18.2 Å². The Kier molecular flexibility index (Phi) is 6.10. The lowest BCUT2D eigenvalue weighted by Crippen LogP contribution is -2.36. The molecule has 0 aromatic heterocycles. The van der Waals surface area contributed by atoms with Crippen molar-refractivity contribution >= 4 is 29.2 Å². The number of nitrogens with one attached hydrogen (secondary N) is 1. The van der Waals surface area contributed by atoms with E-state index in [0.717, 1.165) is 0 Å². The SMILES string of the molecule is CNC(=O)CCCN(C)C(=O)C1=NN(c2ccccc2)C(C(=O)O)C1. The van der Waals surface area contributed by atoms with Crippen LogP contribution in [0.1, 0.15) is 19.3 Å². The molecule has 8 heteroatoms. The number of carbonyl (C=O) groups excluding carboxylic acids is 2. The Labute approximate surface area is 146 Å². The number of anilines is 1. The first-order valence-electron chi connectivity index (χ1n) is 8.04. The number of carbonyl (C=O) groups is 3. The summed E-state index contributed by atoms with van der Waals surface area (Å²) >= 11 is 0. The van der Waals surface area contributed by atoms with Gasteiger partial charge in [-0.2, -0.15) is 5.10 Å². The van der Waals surface area contributed by atoms with E-state index < -0.39 is 12.0 Å². The average molecular weight is 346 g/mol. The fourth-order valence-corrected chi connectivity index (χ4v) is 2.57. The van der Waals surface area contributed by atoms with Gasteiger partial charge >= 0.3 is 5.97 Å². The Morgan fingerprint density at radius 3 is 2.60 bits per heavy atom. The lowest BCUT2D eigenvalue weighted by Gasteiger charge is -2.19. The fraction of sp³-hybridized carbons (Fsp3) is 0.412. The molecule has 2 N–H and O–H groups in total. The second-order valence-corrected chi connectivity index (χ2v) is 5.79. The number of amides is 2. The minimum absolute atomic E-state index is 0.0445. The van der Waals surface area contributed by atoms with Gasteiger partial charge in [0.2, 0.25) is 5.91 Å². The van der Waals surface area contributed by atoms with Gasteiger partial charge in [0.25, 0.3) is 5.91 Å². The van der Waals surface area contributed by atoms with Crippen molar-refractivity contribution in [2.24, 2.45) is 5.10 Å². The van der Waals surface area contributed by atoms with Crippen LogP contribution < -0.4 is 10.3 Å². The molecule has 25 heavy (non-hydrogen) atoms. The maximum Gasteiger partial charge on any atom is 0.328 e. The Hall–Kier alpha value is -2.90. The summed E-state index contributed by atoms with van der Waals surface area (Å²) in [6, 6.07) is 7.99. The number of aliphatic carboxylic acids is 1. The third kappa shape index (κ3) is 4.56. The first kappa shape index (κ1) is 18.4. The van der Waals surface area contributed by atoms with Crippen LogP contribution in [0, 0.1) is 0 Å². The summed E-state index contributed by atoms with van der Waals surface area (Å²) in [6.45, 7) is 0.397. The summed E-state index contributed by atoms with van der Waals surface area (Å²) in [7, 11) is 3.18. The summed E-state index contributed by atoms with van der Waals surface area (Å²) in [6.07, 6.45) is 0.900. The monoisotopic (exact) mass is 346 g/mol. The molecule has 0 saturated heterocycles. The summed E-state index contributed by atoms with van der Waals surface area (Å²) < 4.78 is 0. The quantitative estimate of drug-likeness (QED) is 0.756. The Bertz CT molecular complexity index is 674. The molecule has 0 radical (unpaired) electrons. The zero-order chi connectivity index (χ0) is 18.4. The lowest BCUT2D eigenvalue weighted by molar-refractivity contribution is -0.138. The van der Waals surface area contributed by atoms with Crippen LogP contribution >= 0.6 is 0 Å². The van der Waals surface area contributed by atoms with Crippen LogP contribution in [0.25, 0.3) is 0 Å². The first-order valence-corrected chi connectivity index (χ1v) is 8.04. The molecular formula is C17H22N4O4.